The number of esters is 1. The van der Waals surface area contributed by atoms with Crippen LogP contribution in [-0.4, -0.2) is 37.1 Å². The first-order valence-corrected chi connectivity index (χ1v) is 6.59. The van der Waals surface area contributed by atoms with Crippen molar-refractivity contribution in [1.29, 1.82) is 0 Å². The average molecular weight is 247 g/mol. The minimum atomic E-state index is -0.194. The van der Waals surface area contributed by atoms with Crippen LogP contribution in [0.3, 0.4) is 0 Å². The van der Waals surface area contributed by atoms with E-state index in [1.54, 1.807) is 12.1 Å². The van der Waals surface area contributed by atoms with Gasteiger partial charge in [-0.2, -0.15) is 0 Å². The van der Waals surface area contributed by atoms with Gasteiger partial charge in [-0.3, -0.25) is 0 Å². The lowest BCUT2D eigenvalue weighted by molar-refractivity contribution is 0.0107. The standard InChI is InChI=1S/C15H21NO2/c1-16(2)13-9-6-10-14(11-13)18-15(17)12-7-4-3-5-8-12/h3-5,7-8,13-14H,6,9-11H2,1-2H3/t13-,14+/m1/s1. The molecule has 0 N–H and O–H groups in total. The highest BCUT2D eigenvalue weighted by Crippen LogP contribution is 2.24. The Hall–Kier alpha value is -1.35. The molecule has 0 aliphatic heterocycles. The van der Waals surface area contributed by atoms with Gasteiger partial charge in [0.2, 0.25) is 0 Å². The lowest BCUT2D eigenvalue weighted by atomic mass is 9.92. The number of carbonyl (C=O) groups excluding carboxylic acids is 1. The van der Waals surface area contributed by atoms with E-state index in [0.29, 0.717) is 11.6 Å². The summed E-state index contributed by atoms with van der Waals surface area (Å²) in [6.07, 6.45) is 4.34. The van der Waals surface area contributed by atoms with Crippen LogP contribution in [0, 0.1) is 0 Å². The summed E-state index contributed by atoms with van der Waals surface area (Å²) in [5.41, 5.74) is 0.643. The Morgan fingerprint density at radius 3 is 2.61 bits per heavy atom. The molecule has 0 heterocycles. The van der Waals surface area contributed by atoms with Gasteiger partial charge in [-0.1, -0.05) is 18.2 Å². The molecule has 0 radical (unpaired) electrons. The van der Waals surface area contributed by atoms with Gasteiger partial charge in [-0.25, -0.2) is 4.79 Å². The minimum absolute atomic E-state index is 0.0684. The predicted octanol–water partition coefficient (Wildman–Crippen LogP) is 2.72. The molecule has 2 atom stereocenters. The molecule has 0 unspecified atom stereocenters. The fourth-order valence-electron chi connectivity index (χ4n) is 2.49. The van der Waals surface area contributed by atoms with Gasteiger partial charge in [0.05, 0.1) is 5.56 Å². The van der Waals surface area contributed by atoms with Crippen molar-refractivity contribution in [3.63, 3.8) is 0 Å². The van der Waals surface area contributed by atoms with E-state index in [0.717, 1.165) is 19.3 Å². The van der Waals surface area contributed by atoms with Crippen LogP contribution >= 0.6 is 0 Å². The zero-order chi connectivity index (χ0) is 13.0. The Balaban J connectivity index is 1.91. The van der Waals surface area contributed by atoms with E-state index < -0.39 is 0 Å². The summed E-state index contributed by atoms with van der Waals surface area (Å²) in [5.74, 6) is -0.194. The summed E-state index contributed by atoms with van der Waals surface area (Å²) < 4.78 is 5.59. The molecule has 0 spiro atoms. The number of nitrogens with zero attached hydrogens (tertiary/aromatic N) is 1. The van der Waals surface area contributed by atoms with Gasteiger partial charge in [0.25, 0.3) is 0 Å². The van der Waals surface area contributed by atoms with E-state index in [2.05, 4.69) is 19.0 Å². The maximum atomic E-state index is 12.0. The highest BCUT2D eigenvalue weighted by atomic mass is 16.5. The first kappa shape index (κ1) is 13.1. The Kier molecular flexibility index (Phi) is 4.37. The largest absolute Gasteiger partial charge is 0.459 e. The van der Waals surface area contributed by atoms with Gasteiger partial charge in [0.15, 0.2) is 0 Å². The second-order valence-corrected chi connectivity index (χ2v) is 5.18. The minimum Gasteiger partial charge on any atom is -0.459 e. The average Bonchev–Trinajstić information content (AvgIpc) is 2.40. The van der Waals surface area contributed by atoms with Crippen molar-refractivity contribution < 1.29 is 9.53 Å². The fraction of sp³-hybridized carbons (Fsp3) is 0.533. The summed E-state index contributed by atoms with van der Waals surface area (Å²) in [7, 11) is 4.18. The van der Waals surface area contributed by atoms with Crippen LogP contribution in [0.4, 0.5) is 0 Å². The van der Waals surface area contributed by atoms with Crippen molar-refractivity contribution in [2.45, 2.75) is 37.8 Å². The van der Waals surface area contributed by atoms with E-state index >= 15 is 0 Å². The Bertz CT molecular complexity index is 389. The highest BCUT2D eigenvalue weighted by Gasteiger charge is 2.26. The number of hydrogen-bond acceptors (Lipinski definition) is 3. The summed E-state index contributed by atoms with van der Waals surface area (Å²) in [6.45, 7) is 0. The maximum Gasteiger partial charge on any atom is 0.338 e. The fourth-order valence-corrected chi connectivity index (χ4v) is 2.49. The Morgan fingerprint density at radius 1 is 1.22 bits per heavy atom. The smallest absolute Gasteiger partial charge is 0.338 e. The second kappa shape index (κ2) is 6.01. The number of ether oxygens (including phenoxy) is 1. The molecule has 98 valence electrons. The second-order valence-electron chi connectivity index (χ2n) is 5.18. The van der Waals surface area contributed by atoms with E-state index in [1.165, 1.54) is 6.42 Å². The van der Waals surface area contributed by atoms with Crippen LogP contribution in [0.5, 0.6) is 0 Å². The zero-order valence-corrected chi connectivity index (χ0v) is 11.1. The van der Waals surface area contributed by atoms with Crippen LogP contribution in [0.25, 0.3) is 0 Å². The van der Waals surface area contributed by atoms with Crippen LogP contribution in [-0.2, 0) is 4.74 Å². The molecule has 1 fully saturated rings. The van der Waals surface area contributed by atoms with Crippen molar-refractivity contribution >= 4 is 5.97 Å². The van der Waals surface area contributed by atoms with E-state index in [4.69, 9.17) is 4.74 Å². The molecule has 2 rings (SSSR count). The third-order valence-corrected chi connectivity index (χ3v) is 3.61. The lowest BCUT2D eigenvalue weighted by Gasteiger charge is -2.32. The third-order valence-electron chi connectivity index (χ3n) is 3.61. The first-order chi connectivity index (χ1) is 8.66. The molecule has 0 bridgehead atoms. The van der Waals surface area contributed by atoms with Gasteiger partial charge < -0.3 is 9.64 Å². The Labute approximate surface area is 109 Å². The van der Waals surface area contributed by atoms with Crippen molar-refractivity contribution in [3.05, 3.63) is 35.9 Å². The number of rotatable bonds is 3. The van der Waals surface area contributed by atoms with Crippen LogP contribution < -0.4 is 0 Å². The molecule has 0 amide bonds. The van der Waals surface area contributed by atoms with Crippen molar-refractivity contribution in [2.75, 3.05) is 14.1 Å². The SMILES string of the molecule is CN(C)[C@@H]1CCC[C@H](OC(=O)c2ccccc2)C1. The number of carbonyl (C=O) groups is 1. The van der Waals surface area contributed by atoms with E-state index in [9.17, 15) is 4.79 Å². The monoisotopic (exact) mass is 247 g/mol. The molecular weight excluding hydrogens is 226 g/mol. The molecular formula is C15H21NO2. The van der Waals surface area contributed by atoms with Gasteiger partial charge >= 0.3 is 5.97 Å². The van der Waals surface area contributed by atoms with Gasteiger partial charge in [0, 0.05) is 6.04 Å². The summed E-state index contributed by atoms with van der Waals surface area (Å²) in [4.78, 5) is 14.2. The number of benzene rings is 1. The molecule has 1 aromatic carbocycles. The summed E-state index contributed by atoms with van der Waals surface area (Å²) in [6, 6.07) is 9.76. The van der Waals surface area contributed by atoms with E-state index in [1.807, 2.05) is 18.2 Å². The van der Waals surface area contributed by atoms with Crippen LogP contribution in [0.2, 0.25) is 0 Å². The molecule has 0 aromatic heterocycles. The van der Waals surface area contributed by atoms with Crippen molar-refractivity contribution in [3.8, 4) is 0 Å². The number of hydrogen-bond donors (Lipinski definition) is 0. The molecule has 3 heteroatoms. The molecule has 1 aliphatic rings. The van der Waals surface area contributed by atoms with Crippen LogP contribution in [0.1, 0.15) is 36.0 Å². The molecule has 3 nitrogen and oxygen atoms in total. The highest BCUT2D eigenvalue weighted by molar-refractivity contribution is 5.89. The van der Waals surface area contributed by atoms with Gasteiger partial charge in [0.1, 0.15) is 6.10 Å². The molecule has 1 aliphatic carbocycles. The lowest BCUT2D eigenvalue weighted by Crippen LogP contribution is -2.37. The third kappa shape index (κ3) is 3.33. The summed E-state index contributed by atoms with van der Waals surface area (Å²) >= 11 is 0. The summed E-state index contributed by atoms with van der Waals surface area (Å²) in [5, 5.41) is 0. The van der Waals surface area contributed by atoms with Gasteiger partial charge in [-0.05, 0) is 51.9 Å². The van der Waals surface area contributed by atoms with Crippen molar-refractivity contribution in [2.24, 2.45) is 0 Å². The Morgan fingerprint density at radius 2 is 1.94 bits per heavy atom. The maximum absolute atomic E-state index is 12.0. The topological polar surface area (TPSA) is 29.5 Å². The zero-order valence-electron chi connectivity index (χ0n) is 11.1. The predicted molar refractivity (Wildman–Crippen MR) is 71.6 cm³/mol. The van der Waals surface area contributed by atoms with Crippen LogP contribution in [0.15, 0.2) is 30.3 Å². The van der Waals surface area contributed by atoms with Crippen molar-refractivity contribution in [1.82, 2.24) is 4.90 Å². The molecule has 1 aromatic rings. The quantitative estimate of drug-likeness (QED) is 0.769. The first-order valence-electron chi connectivity index (χ1n) is 6.59. The normalized spacial score (nSPS) is 23.9. The van der Waals surface area contributed by atoms with Gasteiger partial charge in [-0.15, -0.1) is 0 Å². The molecule has 18 heavy (non-hydrogen) atoms. The molecule has 1 saturated carbocycles. The molecule has 0 saturated heterocycles. The van der Waals surface area contributed by atoms with E-state index in [-0.39, 0.29) is 12.1 Å².